The smallest absolute Gasteiger partial charge is 0.449 e. The molecule has 0 radical (unpaired) electrons. The summed E-state index contributed by atoms with van der Waals surface area (Å²) in [6, 6.07) is 10.3. The highest BCUT2D eigenvalue weighted by molar-refractivity contribution is 14.2. The van der Waals surface area contributed by atoms with Gasteiger partial charge in [0.05, 0.1) is 33.4 Å². The molecule has 0 aliphatic carbocycles. The molecule has 4 atom stereocenters. The maximum absolute atomic E-state index is 17.2. The minimum Gasteiger partial charge on any atom is -0.449 e. The van der Waals surface area contributed by atoms with Crippen molar-refractivity contribution >= 4 is 92.9 Å². The number of benzene rings is 2. The van der Waals surface area contributed by atoms with Gasteiger partial charge in [-0.2, -0.15) is 10.1 Å². The number of nitriles is 1. The van der Waals surface area contributed by atoms with Crippen molar-refractivity contribution in [2.75, 3.05) is 25.4 Å². The number of amides is 2. The number of rotatable bonds is 10. The molecule has 3 unspecified atom stereocenters. The highest BCUT2D eigenvalue weighted by atomic mass is 127. The number of hydrogen-bond acceptors (Lipinski definition) is 7. The van der Waals surface area contributed by atoms with Gasteiger partial charge in [0.2, 0.25) is 0 Å². The van der Waals surface area contributed by atoms with Crippen LogP contribution in [0.2, 0.25) is 10.0 Å². The van der Waals surface area contributed by atoms with E-state index in [0.29, 0.717) is 52.1 Å². The summed E-state index contributed by atoms with van der Waals surface area (Å²) < 4.78 is 30.8. The predicted molar refractivity (Wildman–Crippen MR) is 210 cm³/mol. The number of carbonyl (C=O) groups is 2. The molecule has 4 heterocycles. The minimum absolute atomic E-state index is 0.0713. The molecule has 4 aromatic rings. The van der Waals surface area contributed by atoms with Gasteiger partial charge >= 0.3 is 12.2 Å². The number of quaternary nitrogens is 1. The number of pyridine rings is 1. The Hall–Kier alpha value is -3.09. The molecule has 268 valence electrons. The lowest BCUT2D eigenvalue weighted by Gasteiger charge is -2.36. The molecule has 51 heavy (non-hydrogen) atoms. The van der Waals surface area contributed by atoms with Gasteiger partial charge in [0.25, 0.3) is 0 Å². The van der Waals surface area contributed by atoms with E-state index in [-0.39, 0.29) is 63.2 Å². The Kier molecular flexibility index (Phi) is 10.6. The second-order valence-corrected chi connectivity index (χ2v) is 17.4. The van der Waals surface area contributed by atoms with E-state index in [2.05, 4.69) is 43.7 Å². The minimum atomic E-state index is -0.637. The van der Waals surface area contributed by atoms with Gasteiger partial charge in [-0.3, -0.25) is 0 Å². The molecule has 6 rings (SSSR count). The summed E-state index contributed by atoms with van der Waals surface area (Å²) in [7, 11) is 1.55. The zero-order valence-electron chi connectivity index (χ0n) is 28.9. The van der Waals surface area contributed by atoms with Gasteiger partial charge in [-0.15, -0.1) is 0 Å². The molecule has 2 amide bonds. The molecule has 2 aliphatic rings. The van der Waals surface area contributed by atoms with Crippen LogP contribution in [-0.2, 0) is 15.9 Å². The number of allylic oxidation sites excluding steroid dienone is 1. The topological polar surface area (TPSA) is 106 Å². The Bertz CT molecular complexity index is 2150. The average Bonchev–Trinajstić information content (AvgIpc) is 3.46. The number of nitrogens with zero attached hydrogens (tertiary/aromatic N) is 4. The largest absolute Gasteiger partial charge is 0.517 e. The Morgan fingerprint density at radius 3 is 2.67 bits per heavy atom. The molecule has 0 saturated carbocycles. The molecule has 0 spiro atoms. The SMILES string of the molecule is C=C(C)c1nc2c(F)c(-c3cccc(Cl)c3Cl)c(CCC#N)cc2c2c1cc(C(C)NC(=O)OCCSI)n2C1C[N+]2(C(=O)OC(C)(C)C)C[C@H]12. The summed E-state index contributed by atoms with van der Waals surface area (Å²) in [4.78, 5) is 31.2. The summed E-state index contributed by atoms with van der Waals surface area (Å²) in [6.45, 7) is 14.8. The van der Waals surface area contributed by atoms with E-state index in [0.717, 1.165) is 11.1 Å². The number of alkyl carbamates (subject to hydrolysis) is 1. The van der Waals surface area contributed by atoms with Crippen LogP contribution < -0.4 is 5.32 Å². The molecular formula is C37H38Cl2FIN5O4S+. The first-order valence-electron chi connectivity index (χ1n) is 16.6. The van der Waals surface area contributed by atoms with Crippen LogP contribution in [0.4, 0.5) is 14.0 Å². The normalized spacial score (nSPS) is 19.9. The maximum atomic E-state index is 17.2. The predicted octanol–water partition coefficient (Wildman–Crippen LogP) is 10.4. The van der Waals surface area contributed by atoms with Crippen LogP contribution in [0, 0.1) is 17.1 Å². The lowest BCUT2D eigenvalue weighted by molar-refractivity contribution is -0.783. The lowest BCUT2D eigenvalue weighted by atomic mass is 9.92. The third-order valence-corrected chi connectivity index (χ3v) is 11.9. The Balaban J connectivity index is 1.60. The molecule has 14 heteroatoms. The van der Waals surface area contributed by atoms with Crippen molar-refractivity contribution in [1.29, 1.82) is 5.26 Å². The fourth-order valence-electron chi connectivity index (χ4n) is 7.16. The van der Waals surface area contributed by atoms with E-state index in [9.17, 15) is 14.9 Å². The molecule has 2 fully saturated rings. The third kappa shape index (κ3) is 6.92. The van der Waals surface area contributed by atoms with Gasteiger partial charge in [-0.25, -0.2) is 18.7 Å². The van der Waals surface area contributed by atoms with Gasteiger partial charge in [0, 0.05) is 39.8 Å². The Morgan fingerprint density at radius 2 is 2.02 bits per heavy atom. The summed E-state index contributed by atoms with van der Waals surface area (Å²) in [5.74, 6) is 0.0591. The highest BCUT2D eigenvalue weighted by Gasteiger charge is 2.77. The number of aromatic nitrogens is 2. The van der Waals surface area contributed by atoms with Crippen LogP contribution in [0.15, 0.2) is 36.9 Å². The molecule has 1 N–H and O–H groups in total. The summed E-state index contributed by atoms with van der Waals surface area (Å²) in [5.41, 5.74) is 3.26. The molecule has 2 aromatic heterocycles. The van der Waals surface area contributed by atoms with Gasteiger partial charge < -0.3 is 19.4 Å². The van der Waals surface area contributed by atoms with Crippen LogP contribution in [0.1, 0.15) is 70.1 Å². The summed E-state index contributed by atoms with van der Waals surface area (Å²) in [5, 5.41) is 14.3. The summed E-state index contributed by atoms with van der Waals surface area (Å²) in [6.07, 6.45) is -0.433. The van der Waals surface area contributed by atoms with E-state index < -0.39 is 23.6 Å². The van der Waals surface area contributed by atoms with Crippen molar-refractivity contribution in [2.24, 2.45) is 0 Å². The van der Waals surface area contributed by atoms with E-state index in [1.165, 1.54) is 0 Å². The number of aryl methyl sites for hydroxylation is 1. The number of nitrogens with one attached hydrogen (secondary N) is 1. The third-order valence-electron chi connectivity index (χ3n) is 9.49. The van der Waals surface area contributed by atoms with Crippen LogP contribution in [-0.4, -0.2) is 63.3 Å². The van der Waals surface area contributed by atoms with Crippen molar-refractivity contribution < 1.29 is 27.9 Å². The second-order valence-electron chi connectivity index (χ2n) is 14.2. The van der Waals surface area contributed by atoms with Crippen molar-refractivity contribution in [3.8, 4) is 17.2 Å². The molecule has 9 nitrogen and oxygen atoms in total. The fourth-order valence-corrected chi connectivity index (χ4v) is 8.24. The van der Waals surface area contributed by atoms with E-state index in [1.54, 1.807) is 27.1 Å². The fraction of sp³-hybridized carbons (Fsp3) is 0.405. The lowest BCUT2D eigenvalue weighted by Crippen LogP contribution is -2.54. The second kappa shape index (κ2) is 14.4. The van der Waals surface area contributed by atoms with Crippen molar-refractivity contribution in [2.45, 2.75) is 71.2 Å². The van der Waals surface area contributed by atoms with E-state index in [1.807, 2.05) is 46.8 Å². The van der Waals surface area contributed by atoms with E-state index in [4.69, 9.17) is 37.7 Å². The molecule has 2 aromatic carbocycles. The van der Waals surface area contributed by atoms with Gasteiger partial charge in [0.1, 0.15) is 36.9 Å². The van der Waals surface area contributed by atoms with Gasteiger partial charge in [-0.1, -0.05) is 50.8 Å². The molecule has 2 saturated heterocycles. The quantitative estimate of drug-likeness (QED) is 0.0732. The van der Waals surface area contributed by atoms with Crippen LogP contribution in [0.5, 0.6) is 0 Å². The number of halogens is 4. The van der Waals surface area contributed by atoms with Crippen molar-refractivity contribution in [3.05, 3.63) is 69.7 Å². The average molecular weight is 866 g/mol. The first kappa shape index (κ1) is 37.7. The number of ether oxygens (including phenoxy) is 2. The number of fused-ring (bicyclic) bond motifs is 4. The zero-order valence-corrected chi connectivity index (χ0v) is 33.4. The first-order valence-corrected chi connectivity index (χ1v) is 20.9. The molecular weight excluding hydrogens is 827 g/mol. The molecule has 0 bridgehead atoms. The van der Waals surface area contributed by atoms with Crippen LogP contribution >= 0.6 is 53.3 Å². The Labute approximate surface area is 322 Å². The molecule has 2 aliphatic heterocycles. The zero-order chi connectivity index (χ0) is 37.0. The van der Waals surface area contributed by atoms with Gasteiger partial charge in [-0.05, 0) is 91.6 Å². The van der Waals surface area contributed by atoms with Crippen LogP contribution in [0.25, 0.3) is 38.5 Å². The summed E-state index contributed by atoms with van der Waals surface area (Å²) >= 11 is 15.2. The van der Waals surface area contributed by atoms with Crippen LogP contribution in [0.3, 0.4) is 0 Å². The standard InChI is InChI=1S/C37H37Cl2FIN5O4S/c1-19(2)32-24-16-26(20(3)43-35(47)49-13-14-51-41)45(27-17-46(18-28(27)46)36(48)50-37(4,5)6)34(24)23-15-21(9-8-12-42)29(31(40)33(23)44-32)22-10-7-11-25(38)30(22)39/h7,10-11,15-16,20,27-28H,1,8-9,13-14,17-18H2,2-6H3/p+1/t20?,27?,28-,46?/m1/s1. The Morgan fingerprint density at radius 1 is 1.27 bits per heavy atom. The van der Waals surface area contributed by atoms with Crippen molar-refractivity contribution in [1.82, 2.24) is 14.9 Å². The monoisotopic (exact) mass is 864 g/mol. The van der Waals surface area contributed by atoms with E-state index >= 15 is 4.39 Å². The van der Waals surface area contributed by atoms with Gasteiger partial charge in [0.15, 0.2) is 11.9 Å². The number of hydrogen-bond donors (Lipinski definition) is 1. The first-order chi connectivity index (χ1) is 24.1. The highest BCUT2D eigenvalue weighted by Crippen LogP contribution is 2.54. The maximum Gasteiger partial charge on any atom is 0.517 e. The number of carbonyl (C=O) groups excluding carboxylic acids is 2. The van der Waals surface area contributed by atoms with Crippen molar-refractivity contribution in [3.63, 3.8) is 0 Å².